The highest BCUT2D eigenvalue weighted by Crippen LogP contribution is 2.62. The van der Waals surface area contributed by atoms with Gasteiger partial charge in [0.2, 0.25) is 5.95 Å². The normalized spacial score (nSPS) is 30.5. The zero-order chi connectivity index (χ0) is 91.4. The Morgan fingerprint density at radius 2 is 1.15 bits per heavy atom. The van der Waals surface area contributed by atoms with Crippen LogP contribution in [0.15, 0.2) is 91.3 Å². The van der Waals surface area contributed by atoms with Gasteiger partial charge in [0.15, 0.2) is 77.2 Å². The lowest BCUT2D eigenvalue weighted by Crippen LogP contribution is -2.47. The van der Waals surface area contributed by atoms with Crippen molar-refractivity contribution in [3.8, 4) is 0 Å². The van der Waals surface area contributed by atoms with Gasteiger partial charge < -0.3 is 105 Å². The zero-order valence-corrected chi connectivity index (χ0v) is 74.2. The van der Waals surface area contributed by atoms with Gasteiger partial charge in [0.05, 0.1) is 101 Å². The quantitative estimate of drug-likeness (QED) is 0.0191. The fraction of sp³-hybridized carbons (Fsp3) is 0.663. The minimum Gasteiger partial charge on any atom is -0.394 e. The van der Waals surface area contributed by atoms with Crippen molar-refractivity contribution in [1.29, 1.82) is 0 Å². The number of anilines is 5. The van der Waals surface area contributed by atoms with Gasteiger partial charge in [0.25, 0.3) is 0 Å². The highest BCUT2D eigenvalue weighted by atomic mass is 32.2. The van der Waals surface area contributed by atoms with Gasteiger partial charge in [0, 0.05) is 80.4 Å². The summed E-state index contributed by atoms with van der Waals surface area (Å²) in [7, 11) is 11.0. The lowest BCUT2D eigenvalue weighted by atomic mass is 9.51. The number of hydrogen-bond acceptors (Lipinski definition) is 33. The third-order valence-electron chi connectivity index (χ3n) is 23.8. The van der Waals surface area contributed by atoms with Crippen molar-refractivity contribution in [2.45, 2.75) is 230 Å². The Kier molecular flexibility index (Phi) is 37.2. The van der Waals surface area contributed by atoms with Crippen LogP contribution in [0.25, 0.3) is 11.2 Å². The Bertz CT molecular complexity index is 4860. The number of Topliss-reactive ketones (excluding diaryl/α,β-unsaturated/α-hetero) is 1. The molecule has 6 aromatic heterocycles. The predicted molar refractivity (Wildman–Crippen MR) is 454 cm³/mol. The lowest BCUT2D eigenvalue weighted by molar-refractivity contribution is -0.134. The van der Waals surface area contributed by atoms with E-state index in [9.17, 15) is 46.6 Å². The van der Waals surface area contributed by atoms with E-state index in [0.717, 1.165) is 121 Å². The number of nitrogen functional groups attached to an aromatic ring is 5. The van der Waals surface area contributed by atoms with Crippen molar-refractivity contribution in [3.05, 3.63) is 132 Å². The Morgan fingerprint density at radius 1 is 0.600 bits per heavy atom. The fourth-order valence-corrected chi connectivity index (χ4v) is 18.2. The standard InChI is InChI=1S/C21H32O.C10H14FN3O3.C10H12FN3O3.C10H15N5OS.C9H12FN3O3.C9H10FN3O3.2C7H14O3/c1-12-9-13(2)19-15(10-12)5-6-16-17(19)7-8-21(4)18(16)11-14(3)20(21)22;2*1-16-5-6-2-3-8(17-6)14-4-7(11)9(12)13-10(14)15;1-6(16-2)4-15-5-12-7-8(15)13-10(11)14-9(7)17-3;2*1-15-7-3-2-6(16-7)13-4-5(10)8(11)12-9(13)14;1-5-3-6(8)7(10-5)4-9-2;1-5-3-6(9-2)7(4-8)10-5/h5,12-14,16-19H,6-11H2,1-4H3;4,6,8H,2-3,5H2,1H3,(H2,12,13,15);2-4,6,8H,5H2,1H3,(H2,12,13,15);5-6H,4H2,1-3H3,(H2,11,13,14);4,6-7H,2-3H2,1H3,(H2,11,12,14);2-4,6-7H,1H3,(H2,11,12,14);2*5-8H,3-4H2,1-2H3/t12-,13+,14?,16?,17?,18?,19?,21-;2*6-,8+;;2*6-,7+;2*5-,6-,7+/m011.0011/s1. The summed E-state index contributed by atoms with van der Waals surface area (Å²) in [5.74, 6) is 1.44. The van der Waals surface area contributed by atoms with Crippen LogP contribution in [0.2, 0.25) is 0 Å². The summed E-state index contributed by atoms with van der Waals surface area (Å²) < 4.78 is 126. The van der Waals surface area contributed by atoms with E-state index < -0.39 is 101 Å². The third-order valence-corrected chi connectivity index (χ3v) is 24.4. The van der Waals surface area contributed by atoms with Crippen molar-refractivity contribution in [1.82, 2.24) is 57.7 Å². The van der Waals surface area contributed by atoms with Crippen LogP contribution in [0.3, 0.4) is 0 Å². The molecule has 0 spiro atoms. The molecule has 6 unspecified atom stereocenters. The summed E-state index contributed by atoms with van der Waals surface area (Å²) in [6, 6.07) is 0. The number of allylic oxidation sites excluding steroid dienone is 2. The number of rotatable bonds is 18. The molecule has 0 amide bonds. The average Bonchev–Trinajstić information content (AvgIpc) is 1.60. The summed E-state index contributed by atoms with van der Waals surface area (Å²) in [5, 5.41) is 18.9. The van der Waals surface area contributed by atoms with Gasteiger partial charge in [-0.2, -0.15) is 24.9 Å². The maximum absolute atomic E-state index is 13.2. The molecule has 23 atom stereocenters. The number of methoxy groups -OCH3 is 7. The minimum atomic E-state index is -0.766. The predicted octanol–water partition coefficient (Wildman–Crippen LogP) is 7.39. The highest BCUT2D eigenvalue weighted by molar-refractivity contribution is 7.98. The smallest absolute Gasteiger partial charge is 0.352 e. The second kappa shape index (κ2) is 46.4. The second-order valence-electron chi connectivity index (χ2n) is 32.7. The molecular formula is C83H123F4N17O20S. The third kappa shape index (κ3) is 25.7. The summed E-state index contributed by atoms with van der Waals surface area (Å²) >= 11 is 1.51. The summed E-state index contributed by atoms with van der Waals surface area (Å²) in [4.78, 5) is 84.8. The zero-order valence-electron chi connectivity index (χ0n) is 73.4. The van der Waals surface area contributed by atoms with Crippen molar-refractivity contribution >= 4 is 57.9 Å². The first-order valence-electron chi connectivity index (χ1n) is 41.6. The summed E-state index contributed by atoms with van der Waals surface area (Å²) in [5.41, 5.74) is 27.2. The number of carbonyl (C=O) groups excluding carboxylic acids is 1. The molecule has 16 rings (SSSR count). The molecule has 694 valence electrons. The SMILES string of the molecule is CC1CC2C3CC=C4C[C@@H](C)C[C@@H](C)C4C3CC[C@]2(C)C1=O.COC(C)Cn1cnc2c(SC)nc(N)nc21.COC[C@@H]1O[C@H](C)C[C@H]1O.COC[C@H]1C=C[C@@H](n2cc(F)c(N)nc2=O)O1.COC[C@H]1CC[C@@H](n2cc(F)c(N)nc2=O)O1.CO[C@@H]1C[C@@H](C)O[C@H]1CO.CO[C@H]1C=C[C@@H](n2cc(F)c(N)nc2=O)O1.CO[C@H]1CC[C@@H](n2cc(F)c(N)nc2=O)O1. The number of fused-ring (bicyclic) bond motifs is 6. The Morgan fingerprint density at radius 3 is 1.67 bits per heavy atom. The number of nitrogens with two attached hydrogens (primary N) is 5. The number of aliphatic hydroxyl groups is 2. The van der Waals surface area contributed by atoms with Gasteiger partial charge in [-0.15, -0.1) is 11.8 Å². The largest absolute Gasteiger partial charge is 0.394 e. The average molecular weight is 1790 g/mol. The van der Waals surface area contributed by atoms with Crippen LogP contribution < -0.4 is 51.4 Å². The maximum Gasteiger partial charge on any atom is 0.352 e. The number of halogens is 4. The monoisotopic (exact) mass is 1790 g/mol. The molecule has 12 heterocycles. The molecular weight excluding hydrogens is 1660 g/mol. The number of thioether (sulfide) groups is 1. The fourth-order valence-electron chi connectivity index (χ4n) is 17.7. The van der Waals surface area contributed by atoms with Gasteiger partial charge in [-0.1, -0.05) is 45.4 Å². The van der Waals surface area contributed by atoms with Crippen LogP contribution in [0, 0.1) is 70.1 Å². The summed E-state index contributed by atoms with van der Waals surface area (Å²) in [6.45, 7) is 17.4. The van der Waals surface area contributed by atoms with E-state index in [-0.39, 0.29) is 79.2 Å². The van der Waals surface area contributed by atoms with Crippen molar-refractivity contribution < 1.29 is 94.1 Å². The molecule has 37 nitrogen and oxygen atoms in total. The van der Waals surface area contributed by atoms with E-state index >= 15 is 0 Å². The van der Waals surface area contributed by atoms with E-state index in [1.165, 1.54) is 51.7 Å². The molecule has 7 fully saturated rings. The first-order valence-corrected chi connectivity index (χ1v) is 42.9. The number of hydrogen-bond donors (Lipinski definition) is 7. The number of aromatic nitrogens is 12. The Hall–Kier alpha value is -8.57. The van der Waals surface area contributed by atoms with Gasteiger partial charge in [-0.3, -0.25) is 23.1 Å². The van der Waals surface area contributed by atoms with E-state index in [1.54, 1.807) is 71.8 Å². The van der Waals surface area contributed by atoms with E-state index in [4.69, 9.17) is 95.4 Å². The van der Waals surface area contributed by atoms with Crippen molar-refractivity contribution in [2.75, 3.05) is 111 Å². The van der Waals surface area contributed by atoms with Crippen molar-refractivity contribution in [3.63, 3.8) is 0 Å². The Labute approximate surface area is 726 Å². The van der Waals surface area contributed by atoms with Crippen molar-refractivity contribution in [2.24, 2.45) is 46.8 Å². The first kappa shape index (κ1) is 100. The molecule has 0 aromatic carbocycles. The van der Waals surface area contributed by atoms with Crippen LogP contribution in [0.4, 0.5) is 46.8 Å². The second-order valence-corrected chi connectivity index (χ2v) is 33.5. The van der Waals surface area contributed by atoms with Crippen LogP contribution in [-0.2, 0) is 72.9 Å². The molecule has 10 aliphatic rings. The van der Waals surface area contributed by atoms with Gasteiger partial charge >= 0.3 is 22.8 Å². The van der Waals surface area contributed by atoms with Gasteiger partial charge in [0.1, 0.15) is 47.1 Å². The molecule has 0 radical (unpaired) electrons. The molecule has 125 heavy (non-hydrogen) atoms. The number of imidazole rings is 1. The molecule has 42 heteroatoms. The molecule has 3 saturated carbocycles. The first-order chi connectivity index (χ1) is 59.5. The van der Waals surface area contributed by atoms with Crippen LogP contribution in [-0.4, -0.2) is 224 Å². The van der Waals surface area contributed by atoms with Crippen LogP contribution >= 0.6 is 11.8 Å². The maximum atomic E-state index is 13.2. The van der Waals surface area contributed by atoms with Crippen LogP contribution in [0.1, 0.15) is 150 Å². The molecule has 4 aliphatic carbocycles. The molecule has 0 bridgehead atoms. The number of ketones is 1. The number of carbonyl (C=O) groups is 1. The van der Waals surface area contributed by atoms with Gasteiger partial charge in [-0.25, -0.2) is 46.7 Å². The number of ether oxygens (including phenoxy) is 13. The van der Waals surface area contributed by atoms with E-state index in [2.05, 4.69) is 68.7 Å². The molecule has 6 aliphatic heterocycles. The Balaban J connectivity index is 0.000000163. The van der Waals surface area contributed by atoms with E-state index in [1.807, 2.05) is 31.6 Å². The molecule has 12 N–H and O–H groups in total. The lowest BCUT2D eigenvalue weighted by Gasteiger charge is -2.53. The highest BCUT2D eigenvalue weighted by Gasteiger charge is 2.58. The van der Waals surface area contributed by atoms with Crippen LogP contribution in [0.5, 0.6) is 0 Å². The van der Waals surface area contributed by atoms with Gasteiger partial charge in [-0.05, 0) is 139 Å². The topological polar surface area (TPSA) is 491 Å². The minimum absolute atomic E-state index is 0.0110. The number of aliphatic hydroxyl groups excluding tert-OH is 2. The molecule has 6 aromatic rings. The van der Waals surface area contributed by atoms with E-state index in [0.29, 0.717) is 63.2 Å². The summed E-state index contributed by atoms with van der Waals surface area (Å²) in [6.07, 6.45) is 25.1. The molecule has 4 saturated heterocycles. The number of nitrogens with zero attached hydrogens (tertiary/aromatic N) is 12.